The Bertz CT molecular complexity index is 1030. The summed E-state index contributed by atoms with van der Waals surface area (Å²) >= 11 is 1.35. The highest BCUT2D eigenvalue weighted by Gasteiger charge is 2.41. The molecule has 0 bridgehead atoms. The molecule has 12 heteroatoms. The summed E-state index contributed by atoms with van der Waals surface area (Å²) in [5.41, 5.74) is -1.17. The third kappa shape index (κ3) is 5.66. The van der Waals surface area contributed by atoms with E-state index in [-0.39, 0.29) is 42.9 Å². The monoisotopic (exact) mass is 490 g/mol. The maximum Gasteiger partial charge on any atom is 0.437 e. The van der Waals surface area contributed by atoms with Crippen LogP contribution in [0.4, 0.5) is 33.5 Å². The first-order chi connectivity index (χ1) is 15.5. The fraction of sp³-hybridized carbons (Fsp3) is 0.476. The van der Waals surface area contributed by atoms with E-state index in [4.69, 9.17) is 4.74 Å². The second-order valence-corrected chi connectivity index (χ2v) is 8.38. The van der Waals surface area contributed by atoms with Crippen molar-refractivity contribution in [2.24, 2.45) is 0 Å². The van der Waals surface area contributed by atoms with Crippen LogP contribution in [-0.4, -0.2) is 48.3 Å². The molecule has 0 saturated carbocycles. The third-order valence-electron chi connectivity index (χ3n) is 5.29. The summed E-state index contributed by atoms with van der Waals surface area (Å²) in [6, 6.07) is 3.15. The molecule has 0 spiro atoms. The quantitative estimate of drug-likeness (QED) is 0.447. The van der Waals surface area contributed by atoms with Gasteiger partial charge in [-0.2, -0.15) is 13.2 Å². The maximum atomic E-state index is 13.9. The number of nitrogens with one attached hydrogen (secondary N) is 1. The van der Waals surface area contributed by atoms with Crippen LogP contribution in [0.3, 0.4) is 0 Å². The van der Waals surface area contributed by atoms with Gasteiger partial charge >= 0.3 is 6.18 Å². The van der Waals surface area contributed by atoms with Gasteiger partial charge in [0.15, 0.2) is 11.4 Å². The SMILES string of the molecule is COc1c(C(F)(F)F)nc(N2CCCC(F)(F)CC2)c(C(=O)Nc2ccnc(SC)c2)c1C. The van der Waals surface area contributed by atoms with Crippen molar-refractivity contribution in [1.29, 1.82) is 0 Å². The van der Waals surface area contributed by atoms with E-state index in [9.17, 15) is 26.7 Å². The Morgan fingerprint density at radius 3 is 2.64 bits per heavy atom. The number of carbonyl (C=O) groups excluding carboxylic acids is 1. The molecule has 3 rings (SSSR count). The normalized spacial score (nSPS) is 16.3. The second kappa shape index (κ2) is 9.70. The van der Waals surface area contributed by atoms with Crippen LogP contribution in [0, 0.1) is 6.92 Å². The average molecular weight is 490 g/mol. The Labute approximate surface area is 191 Å². The smallest absolute Gasteiger partial charge is 0.437 e. The van der Waals surface area contributed by atoms with Gasteiger partial charge < -0.3 is 15.0 Å². The van der Waals surface area contributed by atoms with Crippen molar-refractivity contribution < 1.29 is 31.5 Å². The van der Waals surface area contributed by atoms with E-state index in [1.165, 1.54) is 35.8 Å². The molecule has 6 nitrogen and oxygen atoms in total. The van der Waals surface area contributed by atoms with Crippen LogP contribution in [0.25, 0.3) is 0 Å². The molecular formula is C21H23F5N4O2S. The Hall–Kier alpha value is -2.63. The first-order valence-corrected chi connectivity index (χ1v) is 11.3. The summed E-state index contributed by atoms with van der Waals surface area (Å²) in [4.78, 5) is 22.4. The Morgan fingerprint density at radius 1 is 1.27 bits per heavy atom. The van der Waals surface area contributed by atoms with Crippen LogP contribution in [0.15, 0.2) is 23.4 Å². The zero-order chi connectivity index (χ0) is 24.4. The number of aromatic nitrogens is 2. The molecule has 1 amide bonds. The molecule has 180 valence electrons. The molecule has 3 heterocycles. The number of pyridine rings is 2. The number of ether oxygens (including phenoxy) is 1. The number of anilines is 2. The third-order valence-corrected chi connectivity index (χ3v) is 5.93. The Morgan fingerprint density at radius 2 is 2.00 bits per heavy atom. The van der Waals surface area contributed by atoms with E-state index in [0.717, 1.165) is 7.11 Å². The number of alkyl halides is 5. The van der Waals surface area contributed by atoms with Gasteiger partial charge in [-0.15, -0.1) is 11.8 Å². The number of nitrogens with zero attached hydrogens (tertiary/aromatic N) is 3. The largest absolute Gasteiger partial charge is 0.494 e. The highest BCUT2D eigenvalue weighted by Crippen LogP contribution is 2.41. The van der Waals surface area contributed by atoms with Gasteiger partial charge in [-0.05, 0) is 31.7 Å². The lowest BCUT2D eigenvalue weighted by molar-refractivity contribution is -0.142. The minimum absolute atomic E-state index is 0.0395. The van der Waals surface area contributed by atoms with E-state index in [2.05, 4.69) is 15.3 Å². The molecule has 0 aromatic carbocycles. The minimum atomic E-state index is -4.87. The molecule has 1 fully saturated rings. The Balaban J connectivity index is 2.12. The van der Waals surface area contributed by atoms with Gasteiger partial charge in [0.1, 0.15) is 5.82 Å². The van der Waals surface area contributed by atoms with Gasteiger partial charge in [0.05, 0.1) is 17.7 Å². The van der Waals surface area contributed by atoms with E-state index in [1.807, 2.05) is 0 Å². The van der Waals surface area contributed by atoms with Crippen molar-refractivity contribution in [2.75, 3.05) is 36.7 Å². The van der Waals surface area contributed by atoms with Crippen LogP contribution in [0.2, 0.25) is 0 Å². The summed E-state index contributed by atoms with van der Waals surface area (Å²) in [6.45, 7) is 1.12. The van der Waals surface area contributed by atoms with Crippen molar-refractivity contribution in [3.8, 4) is 5.75 Å². The number of methoxy groups -OCH3 is 1. The molecule has 1 N–H and O–H groups in total. The zero-order valence-electron chi connectivity index (χ0n) is 18.2. The summed E-state index contributed by atoms with van der Waals surface area (Å²) in [7, 11) is 1.06. The summed E-state index contributed by atoms with van der Waals surface area (Å²) in [6.07, 6.45) is -2.48. The zero-order valence-corrected chi connectivity index (χ0v) is 19.0. The van der Waals surface area contributed by atoms with Crippen LogP contribution < -0.4 is 15.0 Å². The first kappa shape index (κ1) is 25.0. The van der Waals surface area contributed by atoms with Crippen LogP contribution >= 0.6 is 11.8 Å². The summed E-state index contributed by atoms with van der Waals surface area (Å²) < 4.78 is 74.0. The van der Waals surface area contributed by atoms with Crippen molar-refractivity contribution in [3.63, 3.8) is 0 Å². The molecule has 0 aliphatic carbocycles. The molecule has 2 aromatic rings. The lowest BCUT2D eigenvalue weighted by atomic mass is 10.0. The molecule has 0 radical (unpaired) electrons. The average Bonchev–Trinajstić information content (AvgIpc) is 2.92. The lowest BCUT2D eigenvalue weighted by Crippen LogP contribution is -2.31. The van der Waals surface area contributed by atoms with Gasteiger partial charge in [0, 0.05) is 43.4 Å². The van der Waals surface area contributed by atoms with Crippen LogP contribution in [0.5, 0.6) is 5.75 Å². The molecule has 0 atom stereocenters. The van der Waals surface area contributed by atoms with E-state index in [1.54, 1.807) is 12.3 Å². The van der Waals surface area contributed by atoms with E-state index >= 15 is 0 Å². The van der Waals surface area contributed by atoms with E-state index in [0.29, 0.717) is 10.7 Å². The number of hydrogen-bond donors (Lipinski definition) is 1. The van der Waals surface area contributed by atoms with Crippen molar-refractivity contribution in [2.45, 2.75) is 43.3 Å². The van der Waals surface area contributed by atoms with E-state index < -0.39 is 35.9 Å². The van der Waals surface area contributed by atoms with Crippen molar-refractivity contribution >= 4 is 29.2 Å². The number of hydrogen-bond acceptors (Lipinski definition) is 6. The summed E-state index contributed by atoms with van der Waals surface area (Å²) in [5.74, 6) is -4.54. The molecule has 33 heavy (non-hydrogen) atoms. The number of thioether (sulfide) groups is 1. The highest BCUT2D eigenvalue weighted by molar-refractivity contribution is 7.98. The van der Waals surface area contributed by atoms with Gasteiger partial charge in [-0.3, -0.25) is 4.79 Å². The molecular weight excluding hydrogens is 467 g/mol. The fourth-order valence-corrected chi connectivity index (χ4v) is 4.09. The molecule has 1 aliphatic rings. The predicted octanol–water partition coefficient (Wildman–Crippen LogP) is 5.41. The van der Waals surface area contributed by atoms with Crippen molar-refractivity contribution in [3.05, 3.63) is 35.2 Å². The minimum Gasteiger partial charge on any atom is -0.494 e. The highest BCUT2D eigenvalue weighted by atomic mass is 32.2. The topological polar surface area (TPSA) is 67.3 Å². The number of halogens is 5. The maximum absolute atomic E-state index is 13.9. The summed E-state index contributed by atoms with van der Waals surface area (Å²) in [5, 5.41) is 3.28. The van der Waals surface area contributed by atoms with Crippen LogP contribution in [-0.2, 0) is 6.18 Å². The standard InChI is InChI=1S/C21H23F5N4O2S/c1-12-15(19(31)28-13-5-8-27-14(11-13)33-3)18(29-17(16(12)32-2)21(24,25)26)30-9-4-6-20(22,23)7-10-30/h5,8,11H,4,6-7,9-10H2,1-3H3,(H,27,28,31). The van der Waals surface area contributed by atoms with Crippen LogP contribution in [0.1, 0.15) is 40.9 Å². The van der Waals surface area contributed by atoms with Gasteiger partial charge in [0.25, 0.3) is 5.91 Å². The second-order valence-electron chi connectivity index (χ2n) is 7.55. The predicted molar refractivity (Wildman–Crippen MR) is 116 cm³/mol. The lowest BCUT2D eigenvalue weighted by Gasteiger charge is -2.27. The molecule has 0 unspecified atom stereocenters. The fourth-order valence-electron chi connectivity index (χ4n) is 3.68. The molecule has 1 saturated heterocycles. The Kier molecular flexibility index (Phi) is 7.35. The number of carbonyl (C=O) groups is 1. The number of rotatable bonds is 5. The van der Waals surface area contributed by atoms with Gasteiger partial charge in [-0.25, -0.2) is 18.7 Å². The molecule has 1 aliphatic heterocycles. The molecule has 2 aromatic heterocycles. The van der Waals surface area contributed by atoms with Crippen molar-refractivity contribution in [1.82, 2.24) is 9.97 Å². The first-order valence-electron chi connectivity index (χ1n) is 10.1. The van der Waals surface area contributed by atoms with Gasteiger partial charge in [0.2, 0.25) is 5.92 Å². The number of amides is 1. The van der Waals surface area contributed by atoms with Gasteiger partial charge in [-0.1, -0.05) is 0 Å².